The van der Waals surface area contributed by atoms with Crippen molar-refractivity contribution in [2.45, 2.75) is 6.54 Å². The lowest BCUT2D eigenvalue weighted by Gasteiger charge is -2.02. The second-order valence-electron chi connectivity index (χ2n) is 4.56. The third-order valence-electron chi connectivity index (χ3n) is 3.10. The molecular weight excluding hydrogens is 266 g/mol. The number of pyridine rings is 1. The molecule has 0 spiro atoms. The van der Waals surface area contributed by atoms with Crippen molar-refractivity contribution in [2.24, 2.45) is 10.2 Å². The number of rotatable bonds is 3. The molecule has 5 nitrogen and oxygen atoms in total. The summed E-state index contributed by atoms with van der Waals surface area (Å²) in [6.45, 7) is 0.231. The van der Waals surface area contributed by atoms with Crippen molar-refractivity contribution < 1.29 is 10.2 Å². The molecule has 1 aromatic heterocycles. The highest BCUT2D eigenvalue weighted by Crippen LogP contribution is 2.26. The average molecular weight is 279 g/mol. The van der Waals surface area contributed by atoms with Gasteiger partial charge in [0.25, 0.3) is 0 Å². The second kappa shape index (κ2) is 5.58. The molecule has 5 heteroatoms. The zero-order chi connectivity index (χ0) is 14.7. The minimum absolute atomic E-state index is 0.00462. The van der Waals surface area contributed by atoms with Crippen molar-refractivity contribution in [1.29, 1.82) is 0 Å². The molecule has 21 heavy (non-hydrogen) atoms. The third kappa shape index (κ3) is 2.81. The predicted molar refractivity (Wildman–Crippen MR) is 79.7 cm³/mol. The van der Waals surface area contributed by atoms with Gasteiger partial charge in [0.1, 0.15) is 17.2 Å². The largest absolute Gasteiger partial charge is 0.508 e. The van der Waals surface area contributed by atoms with E-state index in [-0.39, 0.29) is 18.0 Å². The zero-order valence-electron chi connectivity index (χ0n) is 11.1. The third-order valence-corrected chi connectivity index (χ3v) is 3.10. The Morgan fingerprint density at radius 1 is 1.00 bits per heavy atom. The molecule has 0 fully saturated rings. The van der Waals surface area contributed by atoms with Crippen LogP contribution in [-0.4, -0.2) is 15.2 Å². The highest BCUT2D eigenvalue weighted by molar-refractivity contribution is 5.88. The van der Waals surface area contributed by atoms with Crippen molar-refractivity contribution in [3.8, 4) is 11.5 Å². The molecule has 0 unspecified atom stereocenters. The second-order valence-corrected chi connectivity index (χ2v) is 4.56. The van der Waals surface area contributed by atoms with Crippen LogP contribution in [0.3, 0.4) is 0 Å². The Balaban J connectivity index is 1.85. The van der Waals surface area contributed by atoms with E-state index in [1.807, 2.05) is 30.3 Å². The molecule has 3 rings (SSSR count). The topological polar surface area (TPSA) is 78.1 Å². The lowest BCUT2D eigenvalue weighted by Crippen LogP contribution is -1.82. The van der Waals surface area contributed by atoms with Crippen molar-refractivity contribution in [2.75, 3.05) is 0 Å². The van der Waals surface area contributed by atoms with E-state index in [2.05, 4.69) is 15.2 Å². The van der Waals surface area contributed by atoms with Gasteiger partial charge in [-0.3, -0.25) is 4.98 Å². The standard InChI is InChI=1S/C16H13N3O2/c20-13-7-6-12(15(21)9-13)10-18-19-14-5-1-3-11-4-2-8-17-16(11)14/h1-9,20-21H,10H2. The van der Waals surface area contributed by atoms with Crippen molar-refractivity contribution in [3.63, 3.8) is 0 Å². The van der Waals surface area contributed by atoms with E-state index in [9.17, 15) is 10.2 Å². The van der Waals surface area contributed by atoms with Crippen LogP contribution < -0.4 is 0 Å². The molecule has 104 valence electrons. The van der Waals surface area contributed by atoms with E-state index in [1.54, 1.807) is 12.3 Å². The summed E-state index contributed by atoms with van der Waals surface area (Å²) in [5, 5.41) is 28.2. The molecule has 0 aliphatic heterocycles. The van der Waals surface area contributed by atoms with Crippen LogP contribution in [0.1, 0.15) is 5.56 Å². The number of hydrogen-bond acceptors (Lipinski definition) is 5. The summed E-state index contributed by atoms with van der Waals surface area (Å²) in [6, 6.07) is 13.9. The van der Waals surface area contributed by atoms with Crippen LogP contribution in [0.2, 0.25) is 0 Å². The maximum absolute atomic E-state index is 9.69. The van der Waals surface area contributed by atoms with E-state index in [0.717, 1.165) is 10.9 Å². The van der Waals surface area contributed by atoms with Crippen LogP contribution in [0.15, 0.2) is 65.0 Å². The normalized spacial score (nSPS) is 11.2. The maximum atomic E-state index is 9.69. The summed E-state index contributed by atoms with van der Waals surface area (Å²) in [7, 11) is 0. The Bertz CT molecular complexity index is 810. The quantitative estimate of drug-likeness (QED) is 0.713. The van der Waals surface area contributed by atoms with E-state index in [4.69, 9.17) is 0 Å². The van der Waals surface area contributed by atoms with Crippen molar-refractivity contribution in [1.82, 2.24) is 4.98 Å². The Hall–Kier alpha value is -2.95. The van der Waals surface area contributed by atoms with Gasteiger partial charge in [-0.2, -0.15) is 10.2 Å². The van der Waals surface area contributed by atoms with Crippen molar-refractivity contribution >= 4 is 16.6 Å². The molecule has 0 aliphatic rings. The van der Waals surface area contributed by atoms with Gasteiger partial charge in [-0.05, 0) is 24.3 Å². The number of azo groups is 1. The molecule has 0 amide bonds. The van der Waals surface area contributed by atoms with Crippen LogP contribution in [0, 0.1) is 0 Å². The Kier molecular flexibility index (Phi) is 3.47. The summed E-state index contributed by atoms with van der Waals surface area (Å²) in [6.07, 6.45) is 1.72. The first-order valence-corrected chi connectivity index (χ1v) is 6.46. The monoisotopic (exact) mass is 279 g/mol. The van der Waals surface area contributed by atoms with Crippen LogP contribution in [0.5, 0.6) is 11.5 Å². The van der Waals surface area contributed by atoms with Gasteiger partial charge in [0, 0.05) is 23.2 Å². The summed E-state index contributed by atoms with van der Waals surface area (Å²) in [4.78, 5) is 4.30. The minimum Gasteiger partial charge on any atom is -0.508 e. The molecule has 0 aliphatic carbocycles. The molecule has 2 N–H and O–H groups in total. The lowest BCUT2D eigenvalue weighted by atomic mass is 10.2. The number of phenolic OH excluding ortho intramolecular Hbond substituents is 2. The molecular formula is C16H13N3O2. The Morgan fingerprint density at radius 3 is 2.71 bits per heavy atom. The predicted octanol–water partition coefficient (Wildman–Crippen LogP) is 3.93. The van der Waals surface area contributed by atoms with E-state index < -0.39 is 0 Å². The van der Waals surface area contributed by atoms with Crippen molar-refractivity contribution in [3.05, 3.63) is 60.3 Å². The number of nitrogens with zero attached hydrogens (tertiary/aromatic N) is 3. The van der Waals surface area contributed by atoms with Crippen LogP contribution in [-0.2, 0) is 6.54 Å². The fourth-order valence-electron chi connectivity index (χ4n) is 2.04. The number of fused-ring (bicyclic) bond motifs is 1. The SMILES string of the molecule is Oc1ccc(CN=Nc2cccc3cccnc23)c(O)c1. The summed E-state index contributed by atoms with van der Waals surface area (Å²) in [5.41, 5.74) is 2.08. The van der Waals surface area contributed by atoms with Gasteiger partial charge in [-0.15, -0.1) is 0 Å². The zero-order valence-corrected chi connectivity index (χ0v) is 11.1. The Labute approximate surface area is 121 Å². The highest BCUT2D eigenvalue weighted by atomic mass is 16.3. The molecule has 3 aromatic rings. The van der Waals surface area contributed by atoms with Crippen LogP contribution in [0.25, 0.3) is 10.9 Å². The summed E-state index contributed by atoms with van der Waals surface area (Å²) < 4.78 is 0. The smallest absolute Gasteiger partial charge is 0.124 e. The molecule has 0 bridgehead atoms. The fourth-order valence-corrected chi connectivity index (χ4v) is 2.04. The average Bonchev–Trinajstić information content (AvgIpc) is 2.50. The maximum Gasteiger partial charge on any atom is 0.124 e. The molecule has 1 heterocycles. The molecule has 0 saturated carbocycles. The number of hydrogen-bond donors (Lipinski definition) is 2. The van der Waals surface area contributed by atoms with E-state index >= 15 is 0 Å². The van der Waals surface area contributed by atoms with Gasteiger partial charge in [-0.1, -0.05) is 18.2 Å². The molecule has 2 aromatic carbocycles. The van der Waals surface area contributed by atoms with Gasteiger partial charge in [0.15, 0.2) is 0 Å². The Morgan fingerprint density at radius 2 is 1.86 bits per heavy atom. The molecule has 0 saturated heterocycles. The summed E-state index contributed by atoms with van der Waals surface area (Å²) in [5.74, 6) is 0.0245. The molecule has 0 atom stereocenters. The van der Waals surface area contributed by atoms with Gasteiger partial charge in [0.2, 0.25) is 0 Å². The first-order chi connectivity index (χ1) is 10.2. The van der Waals surface area contributed by atoms with Crippen LogP contribution >= 0.6 is 0 Å². The first kappa shape index (κ1) is 13.1. The number of aromatic nitrogens is 1. The van der Waals surface area contributed by atoms with Gasteiger partial charge < -0.3 is 10.2 Å². The van der Waals surface area contributed by atoms with E-state index in [1.165, 1.54) is 12.1 Å². The highest BCUT2D eigenvalue weighted by Gasteiger charge is 2.02. The fraction of sp³-hybridized carbons (Fsp3) is 0.0625. The number of phenols is 2. The van der Waals surface area contributed by atoms with Gasteiger partial charge in [0.05, 0.1) is 12.1 Å². The number of benzene rings is 2. The van der Waals surface area contributed by atoms with Crippen LogP contribution in [0.4, 0.5) is 5.69 Å². The minimum atomic E-state index is 0.00462. The number of para-hydroxylation sites is 1. The van der Waals surface area contributed by atoms with E-state index in [0.29, 0.717) is 11.3 Å². The van der Waals surface area contributed by atoms with Gasteiger partial charge in [-0.25, -0.2) is 0 Å². The van der Waals surface area contributed by atoms with Gasteiger partial charge >= 0.3 is 0 Å². The summed E-state index contributed by atoms with van der Waals surface area (Å²) >= 11 is 0. The molecule has 0 radical (unpaired) electrons. The lowest BCUT2D eigenvalue weighted by molar-refractivity contribution is 0.446. The first-order valence-electron chi connectivity index (χ1n) is 6.46. The number of aromatic hydroxyl groups is 2.